The van der Waals surface area contributed by atoms with Crippen molar-refractivity contribution >= 4 is 5.69 Å². The summed E-state index contributed by atoms with van der Waals surface area (Å²) in [5, 5.41) is 0. The van der Waals surface area contributed by atoms with Gasteiger partial charge in [0.1, 0.15) is 5.82 Å². The van der Waals surface area contributed by atoms with Gasteiger partial charge in [-0.15, -0.1) is 0 Å². The number of aromatic nitrogens is 1. The highest BCUT2D eigenvalue weighted by molar-refractivity contribution is 5.83. The smallest absolute Gasteiger partial charge is 0.257 e. The standard InChI is InChI=1S/C20H15FN2O2/c1-22-16-10-6-14(7-11-16)19-17(13-4-8-15(21)9-5-13)12-18(24-2)20(23-19)25-3/h4-12H,2-3H3. The highest BCUT2D eigenvalue weighted by Gasteiger charge is 2.16. The molecule has 0 saturated carbocycles. The molecule has 0 amide bonds. The fourth-order valence-corrected chi connectivity index (χ4v) is 2.53. The van der Waals surface area contributed by atoms with Gasteiger partial charge >= 0.3 is 0 Å². The van der Waals surface area contributed by atoms with Crippen molar-refractivity contribution < 1.29 is 13.9 Å². The van der Waals surface area contributed by atoms with Gasteiger partial charge in [0.25, 0.3) is 5.88 Å². The molecular weight excluding hydrogens is 319 g/mol. The van der Waals surface area contributed by atoms with Gasteiger partial charge < -0.3 is 9.47 Å². The Morgan fingerprint density at radius 3 is 2.12 bits per heavy atom. The van der Waals surface area contributed by atoms with Crippen molar-refractivity contribution in [2.45, 2.75) is 0 Å². The second-order valence-corrected chi connectivity index (χ2v) is 5.26. The third kappa shape index (κ3) is 3.29. The van der Waals surface area contributed by atoms with E-state index in [1.807, 2.05) is 18.2 Å². The number of benzene rings is 2. The lowest BCUT2D eigenvalue weighted by atomic mass is 9.99. The van der Waals surface area contributed by atoms with Gasteiger partial charge in [-0.25, -0.2) is 14.2 Å². The number of rotatable bonds is 4. The summed E-state index contributed by atoms with van der Waals surface area (Å²) in [7, 11) is 3.06. The first-order valence-electron chi connectivity index (χ1n) is 7.53. The molecule has 0 radical (unpaired) electrons. The third-order valence-corrected chi connectivity index (χ3v) is 3.79. The van der Waals surface area contributed by atoms with E-state index in [4.69, 9.17) is 16.0 Å². The quantitative estimate of drug-likeness (QED) is 0.621. The molecule has 0 atom stereocenters. The summed E-state index contributed by atoms with van der Waals surface area (Å²) in [6.45, 7) is 7.07. The molecular formula is C20H15FN2O2. The largest absolute Gasteiger partial charge is 0.491 e. The van der Waals surface area contributed by atoms with Gasteiger partial charge in [0.05, 0.1) is 26.5 Å². The molecule has 124 valence electrons. The number of hydrogen-bond donors (Lipinski definition) is 0. The molecule has 2 aromatic carbocycles. The summed E-state index contributed by atoms with van der Waals surface area (Å²) in [5.41, 5.74) is 3.63. The highest BCUT2D eigenvalue weighted by atomic mass is 19.1. The molecule has 1 aromatic heterocycles. The first-order valence-corrected chi connectivity index (χ1v) is 7.53. The molecule has 0 bridgehead atoms. The highest BCUT2D eigenvalue weighted by Crippen LogP contribution is 2.38. The first-order chi connectivity index (χ1) is 12.2. The zero-order valence-corrected chi connectivity index (χ0v) is 13.8. The second kappa shape index (κ2) is 7.02. The van der Waals surface area contributed by atoms with Crippen molar-refractivity contribution in [3.8, 4) is 34.0 Å². The van der Waals surface area contributed by atoms with Crippen LogP contribution in [0.5, 0.6) is 11.6 Å². The summed E-state index contributed by atoms with van der Waals surface area (Å²) < 4.78 is 23.9. The molecule has 3 aromatic rings. The Bertz CT molecular complexity index is 930. The van der Waals surface area contributed by atoms with Crippen LogP contribution < -0.4 is 9.47 Å². The van der Waals surface area contributed by atoms with Crippen molar-refractivity contribution in [1.29, 1.82) is 0 Å². The minimum absolute atomic E-state index is 0.305. The number of nitrogens with zero attached hydrogens (tertiary/aromatic N) is 2. The Labute approximate surface area is 145 Å². The Kier molecular flexibility index (Phi) is 4.62. The van der Waals surface area contributed by atoms with Gasteiger partial charge in [-0.05, 0) is 29.3 Å². The lowest BCUT2D eigenvalue weighted by Crippen LogP contribution is -1.98. The first kappa shape index (κ1) is 16.5. The Hall–Kier alpha value is -3.39. The van der Waals surface area contributed by atoms with E-state index < -0.39 is 0 Å². The topological polar surface area (TPSA) is 35.7 Å². The number of methoxy groups -OCH3 is 2. The zero-order valence-electron chi connectivity index (χ0n) is 13.8. The van der Waals surface area contributed by atoms with Crippen molar-refractivity contribution in [3.63, 3.8) is 0 Å². The molecule has 0 spiro atoms. The number of ether oxygens (including phenoxy) is 2. The SMILES string of the molecule is [C-]#[N+]c1ccc(-c2nc(OC)c(OC)cc2-c2ccc(F)cc2)cc1. The van der Waals surface area contributed by atoms with Crippen LogP contribution in [0, 0.1) is 12.4 Å². The van der Waals surface area contributed by atoms with Gasteiger partial charge in [-0.2, -0.15) is 0 Å². The van der Waals surface area contributed by atoms with Gasteiger partial charge in [0.2, 0.25) is 0 Å². The van der Waals surface area contributed by atoms with Gasteiger partial charge in [-0.3, -0.25) is 0 Å². The van der Waals surface area contributed by atoms with E-state index in [0.717, 1.165) is 16.7 Å². The van der Waals surface area contributed by atoms with Gasteiger partial charge in [0, 0.05) is 5.56 Å². The second-order valence-electron chi connectivity index (χ2n) is 5.26. The van der Waals surface area contributed by atoms with Gasteiger partial charge in [-0.1, -0.05) is 36.4 Å². The summed E-state index contributed by atoms with van der Waals surface area (Å²) in [6, 6.07) is 15.1. The molecule has 0 aliphatic rings. The van der Waals surface area contributed by atoms with E-state index in [2.05, 4.69) is 9.83 Å². The molecule has 0 aliphatic carbocycles. The maximum Gasteiger partial charge on any atom is 0.257 e. The van der Waals surface area contributed by atoms with E-state index >= 15 is 0 Å². The Morgan fingerprint density at radius 1 is 0.920 bits per heavy atom. The fraction of sp³-hybridized carbons (Fsp3) is 0.100. The molecule has 1 heterocycles. The van der Waals surface area contributed by atoms with Crippen LogP contribution in [-0.4, -0.2) is 19.2 Å². The van der Waals surface area contributed by atoms with Crippen LogP contribution in [0.2, 0.25) is 0 Å². The third-order valence-electron chi connectivity index (χ3n) is 3.79. The molecule has 3 rings (SSSR count). The monoisotopic (exact) mass is 334 g/mol. The summed E-state index contributed by atoms with van der Waals surface area (Å²) in [5.74, 6) is 0.543. The Balaban J connectivity index is 2.23. The minimum atomic E-state index is -0.305. The maximum absolute atomic E-state index is 13.3. The molecule has 5 heteroatoms. The summed E-state index contributed by atoms with van der Waals surface area (Å²) >= 11 is 0. The van der Waals surface area contributed by atoms with E-state index in [0.29, 0.717) is 23.0 Å². The molecule has 4 nitrogen and oxygen atoms in total. The fourth-order valence-electron chi connectivity index (χ4n) is 2.53. The minimum Gasteiger partial charge on any atom is -0.491 e. The zero-order chi connectivity index (χ0) is 17.8. The summed E-state index contributed by atoms with van der Waals surface area (Å²) in [6.07, 6.45) is 0. The van der Waals surface area contributed by atoms with E-state index in [1.165, 1.54) is 26.4 Å². The van der Waals surface area contributed by atoms with Crippen LogP contribution >= 0.6 is 0 Å². The van der Waals surface area contributed by atoms with Crippen LogP contribution in [0.4, 0.5) is 10.1 Å². The number of pyridine rings is 1. The average Bonchev–Trinajstić information content (AvgIpc) is 2.67. The van der Waals surface area contributed by atoms with Crippen molar-refractivity contribution in [1.82, 2.24) is 4.98 Å². The molecule has 0 saturated heterocycles. The summed E-state index contributed by atoms with van der Waals surface area (Å²) in [4.78, 5) is 7.97. The Morgan fingerprint density at radius 2 is 1.56 bits per heavy atom. The molecule has 0 aliphatic heterocycles. The van der Waals surface area contributed by atoms with Crippen LogP contribution in [0.3, 0.4) is 0 Å². The molecule has 0 N–H and O–H groups in total. The molecule has 0 fully saturated rings. The van der Waals surface area contributed by atoms with Crippen LogP contribution in [0.1, 0.15) is 0 Å². The van der Waals surface area contributed by atoms with Crippen LogP contribution in [0.25, 0.3) is 27.2 Å². The normalized spacial score (nSPS) is 10.2. The van der Waals surface area contributed by atoms with E-state index in [9.17, 15) is 4.39 Å². The van der Waals surface area contributed by atoms with Crippen molar-refractivity contribution in [2.75, 3.05) is 14.2 Å². The van der Waals surface area contributed by atoms with Crippen LogP contribution in [0.15, 0.2) is 54.6 Å². The average molecular weight is 334 g/mol. The predicted octanol–water partition coefficient (Wildman–Crippen LogP) is 5.12. The molecule has 0 unspecified atom stereocenters. The van der Waals surface area contributed by atoms with Crippen molar-refractivity contribution in [2.24, 2.45) is 0 Å². The van der Waals surface area contributed by atoms with Gasteiger partial charge in [0.15, 0.2) is 11.4 Å². The molecule has 25 heavy (non-hydrogen) atoms. The van der Waals surface area contributed by atoms with Crippen LogP contribution in [-0.2, 0) is 0 Å². The lowest BCUT2D eigenvalue weighted by Gasteiger charge is -2.14. The maximum atomic E-state index is 13.3. The number of hydrogen-bond acceptors (Lipinski definition) is 3. The lowest BCUT2D eigenvalue weighted by molar-refractivity contribution is 0.343. The predicted molar refractivity (Wildman–Crippen MR) is 94.4 cm³/mol. The van der Waals surface area contributed by atoms with E-state index in [-0.39, 0.29) is 5.82 Å². The van der Waals surface area contributed by atoms with Crippen molar-refractivity contribution in [3.05, 3.63) is 71.8 Å². The number of halogens is 1. The van der Waals surface area contributed by atoms with E-state index in [1.54, 1.807) is 24.3 Å².